The molecule has 1 aliphatic rings. The zero-order valence-corrected chi connectivity index (χ0v) is 11.7. The van der Waals surface area contributed by atoms with Crippen molar-refractivity contribution in [3.05, 3.63) is 22.7 Å². The van der Waals surface area contributed by atoms with Crippen molar-refractivity contribution in [1.29, 1.82) is 0 Å². The molecule has 0 spiro atoms. The van der Waals surface area contributed by atoms with Crippen LogP contribution in [0, 0.1) is 18.8 Å². The highest BCUT2D eigenvalue weighted by Crippen LogP contribution is 2.24. The van der Waals surface area contributed by atoms with Crippen LogP contribution >= 0.6 is 11.6 Å². The summed E-state index contributed by atoms with van der Waals surface area (Å²) < 4.78 is 0. The third-order valence-electron chi connectivity index (χ3n) is 3.50. The summed E-state index contributed by atoms with van der Waals surface area (Å²) in [6, 6.07) is 1.69. The number of likely N-dealkylation sites (tertiary alicyclic amines) is 1. The van der Waals surface area contributed by atoms with Crippen molar-refractivity contribution in [1.82, 2.24) is 14.9 Å². The van der Waals surface area contributed by atoms with Crippen LogP contribution in [-0.4, -0.2) is 33.9 Å². The van der Waals surface area contributed by atoms with Crippen LogP contribution in [0.1, 0.15) is 36.5 Å². The second-order valence-corrected chi connectivity index (χ2v) is 5.55. The topological polar surface area (TPSA) is 46.1 Å². The van der Waals surface area contributed by atoms with Gasteiger partial charge in [-0.2, -0.15) is 0 Å². The molecule has 1 fully saturated rings. The quantitative estimate of drug-likeness (QED) is 0.774. The lowest BCUT2D eigenvalue weighted by molar-refractivity contribution is 0.0778. The second kappa shape index (κ2) is 5.22. The molecule has 1 aliphatic heterocycles. The van der Waals surface area contributed by atoms with E-state index < -0.39 is 0 Å². The van der Waals surface area contributed by atoms with E-state index in [-0.39, 0.29) is 11.2 Å². The van der Waals surface area contributed by atoms with Crippen LogP contribution in [0.2, 0.25) is 5.28 Å². The van der Waals surface area contributed by atoms with Crippen molar-refractivity contribution in [3.63, 3.8) is 0 Å². The lowest BCUT2D eigenvalue weighted by atomic mass is 9.95. The molecule has 98 valence electrons. The number of hydrogen-bond donors (Lipinski definition) is 0. The van der Waals surface area contributed by atoms with Gasteiger partial charge in [-0.1, -0.05) is 13.8 Å². The van der Waals surface area contributed by atoms with Gasteiger partial charge < -0.3 is 4.90 Å². The SMILES string of the molecule is Cc1cc(C(=O)N2CCC(C(C)C)C2)nc(Cl)n1. The number of aromatic nitrogens is 2. The van der Waals surface area contributed by atoms with E-state index in [1.807, 2.05) is 11.8 Å². The molecule has 1 aromatic heterocycles. The fraction of sp³-hybridized carbons (Fsp3) is 0.615. The summed E-state index contributed by atoms with van der Waals surface area (Å²) >= 11 is 5.79. The minimum absolute atomic E-state index is 0.0365. The number of carbonyl (C=O) groups excluding carboxylic acids is 1. The molecule has 0 radical (unpaired) electrons. The monoisotopic (exact) mass is 267 g/mol. The maximum Gasteiger partial charge on any atom is 0.272 e. The highest BCUT2D eigenvalue weighted by molar-refractivity contribution is 6.28. The maximum atomic E-state index is 12.3. The minimum Gasteiger partial charge on any atom is -0.337 e. The predicted octanol–water partition coefficient (Wildman–Crippen LogP) is 2.56. The van der Waals surface area contributed by atoms with Crippen molar-refractivity contribution in [2.24, 2.45) is 11.8 Å². The van der Waals surface area contributed by atoms with E-state index in [0.717, 1.165) is 25.2 Å². The summed E-state index contributed by atoms with van der Waals surface area (Å²) in [6.07, 6.45) is 1.07. The van der Waals surface area contributed by atoms with E-state index >= 15 is 0 Å². The molecule has 0 aliphatic carbocycles. The average Bonchev–Trinajstić information content (AvgIpc) is 2.75. The van der Waals surface area contributed by atoms with Crippen molar-refractivity contribution in [2.75, 3.05) is 13.1 Å². The molecular formula is C13H18ClN3O. The smallest absolute Gasteiger partial charge is 0.272 e. The van der Waals surface area contributed by atoms with Crippen molar-refractivity contribution >= 4 is 17.5 Å². The Kier molecular flexibility index (Phi) is 3.85. The van der Waals surface area contributed by atoms with Gasteiger partial charge in [-0.15, -0.1) is 0 Å². The van der Waals surface area contributed by atoms with Gasteiger partial charge in [0.05, 0.1) is 0 Å². The summed E-state index contributed by atoms with van der Waals surface area (Å²) in [4.78, 5) is 22.1. The lowest BCUT2D eigenvalue weighted by Gasteiger charge is -2.17. The first-order valence-electron chi connectivity index (χ1n) is 6.28. The molecule has 5 heteroatoms. The summed E-state index contributed by atoms with van der Waals surface area (Å²) in [5.41, 5.74) is 1.12. The highest BCUT2D eigenvalue weighted by atomic mass is 35.5. The van der Waals surface area contributed by atoms with Gasteiger partial charge in [-0.05, 0) is 42.8 Å². The number of carbonyl (C=O) groups is 1. The molecule has 0 bridgehead atoms. The highest BCUT2D eigenvalue weighted by Gasteiger charge is 2.29. The van der Waals surface area contributed by atoms with E-state index in [2.05, 4.69) is 23.8 Å². The Bertz CT molecular complexity index is 441. The molecule has 1 amide bonds. The molecule has 4 nitrogen and oxygen atoms in total. The van der Waals surface area contributed by atoms with Gasteiger partial charge in [0, 0.05) is 18.8 Å². The van der Waals surface area contributed by atoms with E-state index in [4.69, 9.17) is 11.6 Å². The van der Waals surface area contributed by atoms with E-state index in [1.165, 1.54) is 0 Å². The molecule has 18 heavy (non-hydrogen) atoms. The van der Waals surface area contributed by atoms with Gasteiger partial charge in [-0.25, -0.2) is 9.97 Å². The fourth-order valence-electron chi connectivity index (χ4n) is 2.32. The fourth-order valence-corrected chi connectivity index (χ4v) is 2.54. The molecule has 2 heterocycles. The van der Waals surface area contributed by atoms with Crippen molar-refractivity contribution in [3.8, 4) is 0 Å². The molecule has 1 aromatic rings. The van der Waals surface area contributed by atoms with Crippen molar-refractivity contribution < 1.29 is 4.79 Å². The van der Waals surface area contributed by atoms with Crippen LogP contribution in [0.15, 0.2) is 6.07 Å². The van der Waals surface area contributed by atoms with Gasteiger partial charge in [0.1, 0.15) is 5.69 Å². The second-order valence-electron chi connectivity index (χ2n) is 5.21. The van der Waals surface area contributed by atoms with Crippen LogP contribution in [0.4, 0.5) is 0 Å². The third kappa shape index (κ3) is 2.80. The average molecular weight is 268 g/mol. The molecule has 0 saturated carbocycles. The normalized spacial score (nSPS) is 19.6. The zero-order valence-electron chi connectivity index (χ0n) is 11.0. The van der Waals surface area contributed by atoms with E-state index in [1.54, 1.807) is 6.07 Å². The molecule has 1 unspecified atom stereocenters. The van der Waals surface area contributed by atoms with Crippen LogP contribution in [0.5, 0.6) is 0 Å². The van der Waals surface area contributed by atoms with Crippen LogP contribution in [0.3, 0.4) is 0 Å². The van der Waals surface area contributed by atoms with E-state index in [9.17, 15) is 4.79 Å². The number of halogens is 1. The van der Waals surface area contributed by atoms with Gasteiger partial charge in [-0.3, -0.25) is 4.79 Å². The summed E-state index contributed by atoms with van der Waals surface area (Å²) in [5.74, 6) is 1.16. The maximum absolute atomic E-state index is 12.3. The number of aryl methyl sites for hydroxylation is 1. The molecular weight excluding hydrogens is 250 g/mol. The Morgan fingerprint density at radius 3 is 2.78 bits per heavy atom. The first-order chi connectivity index (χ1) is 8.47. The van der Waals surface area contributed by atoms with Gasteiger partial charge in [0.15, 0.2) is 0 Å². The number of rotatable bonds is 2. The number of amides is 1. The minimum atomic E-state index is -0.0365. The number of nitrogens with zero attached hydrogens (tertiary/aromatic N) is 3. The third-order valence-corrected chi connectivity index (χ3v) is 3.67. The van der Waals surface area contributed by atoms with Gasteiger partial charge in [0.25, 0.3) is 5.91 Å². The van der Waals surface area contributed by atoms with Gasteiger partial charge in [0.2, 0.25) is 5.28 Å². The summed E-state index contributed by atoms with van der Waals surface area (Å²) in [7, 11) is 0. The molecule has 0 aromatic carbocycles. The summed E-state index contributed by atoms with van der Waals surface area (Å²) in [6.45, 7) is 7.83. The Labute approximate surface area is 112 Å². The first-order valence-corrected chi connectivity index (χ1v) is 6.65. The zero-order chi connectivity index (χ0) is 13.3. The van der Waals surface area contributed by atoms with Crippen molar-refractivity contribution in [2.45, 2.75) is 27.2 Å². The lowest BCUT2D eigenvalue weighted by Crippen LogP contribution is -2.30. The summed E-state index contributed by atoms with van der Waals surface area (Å²) in [5, 5.41) is 0.137. The molecule has 1 atom stereocenters. The largest absolute Gasteiger partial charge is 0.337 e. The Balaban J connectivity index is 2.12. The van der Waals surface area contributed by atoms with Gasteiger partial charge >= 0.3 is 0 Å². The Morgan fingerprint density at radius 2 is 2.22 bits per heavy atom. The van der Waals surface area contributed by atoms with Crippen LogP contribution < -0.4 is 0 Å². The Morgan fingerprint density at radius 1 is 1.50 bits per heavy atom. The van der Waals surface area contributed by atoms with E-state index in [0.29, 0.717) is 17.5 Å². The van der Waals surface area contributed by atoms with Crippen LogP contribution in [0.25, 0.3) is 0 Å². The molecule has 2 rings (SSSR count). The molecule has 0 N–H and O–H groups in total. The standard InChI is InChI=1S/C13H18ClN3O/c1-8(2)10-4-5-17(7-10)12(18)11-6-9(3)15-13(14)16-11/h6,8,10H,4-5,7H2,1-3H3. The predicted molar refractivity (Wildman–Crippen MR) is 70.6 cm³/mol. The number of hydrogen-bond acceptors (Lipinski definition) is 3. The molecule has 1 saturated heterocycles. The first kappa shape index (κ1) is 13.3. The Hall–Kier alpha value is -1.16. The van der Waals surface area contributed by atoms with Crippen LogP contribution in [-0.2, 0) is 0 Å².